The molecule has 234 valence electrons. The van der Waals surface area contributed by atoms with Gasteiger partial charge < -0.3 is 0 Å². The topological polar surface area (TPSA) is 0 Å². The summed E-state index contributed by atoms with van der Waals surface area (Å²) in [5, 5.41) is 5.28. The second kappa shape index (κ2) is 12.7. The van der Waals surface area contributed by atoms with Gasteiger partial charge in [0.05, 0.1) is 0 Å². The molecule has 0 nitrogen and oxygen atoms in total. The fraction of sp³-hybridized carbons (Fsp3) is 0.102. The Morgan fingerprint density at radius 3 is 1.80 bits per heavy atom. The molecule has 4 atom stereocenters. The van der Waals surface area contributed by atoms with Crippen LogP contribution in [0.4, 0.5) is 0 Å². The molecule has 4 unspecified atom stereocenters. The van der Waals surface area contributed by atoms with Crippen LogP contribution in [0.1, 0.15) is 57.6 Å². The first kappa shape index (κ1) is 29.4. The van der Waals surface area contributed by atoms with Crippen molar-refractivity contribution in [3.63, 3.8) is 0 Å². The van der Waals surface area contributed by atoms with E-state index >= 15 is 0 Å². The minimum absolute atomic E-state index is 0.330. The van der Waals surface area contributed by atoms with E-state index in [9.17, 15) is 0 Å². The summed E-state index contributed by atoms with van der Waals surface area (Å²) >= 11 is 0. The van der Waals surface area contributed by atoms with E-state index in [1.807, 2.05) is 0 Å². The molecule has 0 spiro atoms. The Balaban J connectivity index is 0.990. The average molecular weight is 627 g/mol. The Bertz CT molecular complexity index is 2350. The van der Waals surface area contributed by atoms with Crippen molar-refractivity contribution in [2.24, 2.45) is 5.92 Å². The summed E-state index contributed by atoms with van der Waals surface area (Å²) in [4.78, 5) is 0. The zero-order valence-corrected chi connectivity index (χ0v) is 27.5. The summed E-state index contributed by atoms with van der Waals surface area (Å²) in [5.41, 5.74) is 10.8. The van der Waals surface area contributed by atoms with Crippen LogP contribution in [-0.4, -0.2) is 0 Å². The number of allylic oxidation sites excluding steroid dienone is 5. The Morgan fingerprint density at radius 1 is 0.490 bits per heavy atom. The lowest BCUT2D eigenvalue weighted by Gasteiger charge is -2.18. The van der Waals surface area contributed by atoms with Gasteiger partial charge in [0.2, 0.25) is 0 Å². The minimum atomic E-state index is 0.330. The summed E-state index contributed by atoms with van der Waals surface area (Å²) in [5.74, 6) is 1.76. The maximum atomic E-state index is 2.47. The molecule has 7 aromatic carbocycles. The lowest BCUT2D eigenvalue weighted by molar-refractivity contribution is 0.827. The molecule has 0 radical (unpaired) electrons. The van der Waals surface area contributed by atoms with Crippen molar-refractivity contribution in [2.75, 3.05) is 0 Å². The lowest BCUT2D eigenvalue weighted by atomic mass is 9.87. The van der Waals surface area contributed by atoms with Crippen molar-refractivity contribution >= 4 is 32.7 Å². The zero-order chi connectivity index (χ0) is 32.6. The average Bonchev–Trinajstić information content (AvgIpc) is 3.93. The molecule has 2 aliphatic rings. The third-order valence-electron chi connectivity index (χ3n) is 10.7. The Morgan fingerprint density at radius 2 is 1.08 bits per heavy atom. The smallest absolute Gasteiger partial charge is 0.000588 e. The van der Waals surface area contributed by atoms with Crippen LogP contribution in [0.2, 0.25) is 0 Å². The van der Waals surface area contributed by atoms with Crippen molar-refractivity contribution in [2.45, 2.75) is 24.2 Å². The molecular formula is C49H38. The summed E-state index contributed by atoms with van der Waals surface area (Å²) in [6, 6.07) is 62.4. The maximum absolute atomic E-state index is 2.47. The molecule has 0 heteroatoms. The fourth-order valence-electron chi connectivity index (χ4n) is 8.25. The van der Waals surface area contributed by atoms with Crippen LogP contribution in [0, 0.1) is 5.92 Å². The van der Waals surface area contributed by atoms with Crippen LogP contribution in [0.25, 0.3) is 32.7 Å². The predicted molar refractivity (Wildman–Crippen MR) is 208 cm³/mol. The highest BCUT2D eigenvalue weighted by Crippen LogP contribution is 2.67. The molecule has 0 N–H and O–H groups in total. The van der Waals surface area contributed by atoms with E-state index in [1.165, 1.54) is 66.1 Å². The Hall–Kier alpha value is -5.72. The number of rotatable bonds is 7. The highest BCUT2D eigenvalue weighted by Gasteiger charge is 2.52. The first-order chi connectivity index (χ1) is 24.3. The van der Waals surface area contributed by atoms with Gasteiger partial charge in [-0.2, -0.15) is 0 Å². The molecule has 49 heavy (non-hydrogen) atoms. The van der Waals surface area contributed by atoms with Gasteiger partial charge in [-0.1, -0.05) is 194 Å². The van der Waals surface area contributed by atoms with Gasteiger partial charge in [-0.15, -0.1) is 0 Å². The normalized spacial score (nSPS) is 20.3. The predicted octanol–water partition coefficient (Wildman–Crippen LogP) is 12.7. The van der Waals surface area contributed by atoms with Gasteiger partial charge in [0, 0.05) is 0 Å². The Kier molecular flexibility index (Phi) is 7.63. The quantitative estimate of drug-likeness (QED) is 0.165. The van der Waals surface area contributed by atoms with E-state index in [0.29, 0.717) is 23.7 Å². The van der Waals surface area contributed by atoms with Gasteiger partial charge in [0.25, 0.3) is 0 Å². The van der Waals surface area contributed by atoms with Gasteiger partial charge in [0.1, 0.15) is 0 Å². The van der Waals surface area contributed by atoms with Crippen molar-refractivity contribution in [1.29, 1.82) is 0 Å². The van der Waals surface area contributed by atoms with Crippen LogP contribution >= 0.6 is 0 Å². The Labute approximate surface area is 289 Å². The van der Waals surface area contributed by atoms with E-state index in [-0.39, 0.29) is 0 Å². The number of benzene rings is 7. The fourth-order valence-corrected chi connectivity index (χ4v) is 8.25. The van der Waals surface area contributed by atoms with Crippen molar-refractivity contribution in [3.05, 3.63) is 228 Å². The third kappa shape index (κ3) is 5.64. The molecule has 0 saturated heterocycles. The summed E-state index contributed by atoms with van der Waals surface area (Å²) in [6.07, 6.45) is 10.6. The van der Waals surface area contributed by atoms with E-state index in [4.69, 9.17) is 0 Å². The van der Waals surface area contributed by atoms with Crippen LogP contribution in [0.5, 0.6) is 0 Å². The van der Waals surface area contributed by atoms with E-state index in [0.717, 1.165) is 6.42 Å². The summed E-state index contributed by atoms with van der Waals surface area (Å²) in [7, 11) is 0. The second-order valence-corrected chi connectivity index (χ2v) is 13.6. The van der Waals surface area contributed by atoms with E-state index < -0.39 is 0 Å². The molecule has 0 heterocycles. The maximum Gasteiger partial charge on any atom is -0.000588 e. The molecule has 1 fully saturated rings. The number of fused-ring (bicyclic) bond motifs is 2. The summed E-state index contributed by atoms with van der Waals surface area (Å²) in [6.45, 7) is 0. The molecule has 0 aromatic heterocycles. The van der Waals surface area contributed by atoms with Crippen molar-refractivity contribution in [1.82, 2.24) is 0 Å². The van der Waals surface area contributed by atoms with Crippen LogP contribution in [0.15, 0.2) is 194 Å². The molecular weight excluding hydrogens is 589 g/mol. The van der Waals surface area contributed by atoms with Gasteiger partial charge in [-0.3, -0.25) is 0 Å². The molecule has 2 aliphatic carbocycles. The van der Waals surface area contributed by atoms with Crippen LogP contribution in [0.3, 0.4) is 0 Å². The molecule has 0 aliphatic heterocycles. The molecule has 1 saturated carbocycles. The summed E-state index contributed by atoms with van der Waals surface area (Å²) < 4.78 is 0. The SMILES string of the molecule is C1=CC(C=C(c2ccccc2)c2cccc3ccccc23)CC=C1c1ccc(C2C(c3ccccc3)C2c2cccc3ccccc23)cc1. The molecule has 7 aromatic rings. The van der Waals surface area contributed by atoms with Crippen molar-refractivity contribution < 1.29 is 0 Å². The molecule has 9 rings (SSSR count). The lowest BCUT2D eigenvalue weighted by Crippen LogP contribution is -2.00. The van der Waals surface area contributed by atoms with E-state index in [1.54, 1.807) is 0 Å². The zero-order valence-electron chi connectivity index (χ0n) is 27.5. The standard InChI is InChI=1S/C49H38/c1-3-13-39(14-4-1)46(44-23-11-19-37-15-7-9-21-42(37)44)33-34-25-27-35(28-26-34)36-29-31-41(32-30-36)48-47(40-17-5-2-6-18-40)49(48)45-24-12-20-38-16-8-10-22-43(38)45/h1-25,27-34,47-49H,26H2. The number of hydrogen-bond donors (Lipinski definition) is 0. The first-order valence-electron chi connectivity index (χ1n) is 17.6. The van der Waals surface area contributed by atoms with Gasteiger partial charge >= 0.3 is 0 Å². The highest BCUT2D eigenvalue weighted by molar-refractivity contribution is 5.98. The van der Waals surface area contributed by atoms with Crippen LogP contribution in [-0.2, 0) is 0 Å². The van der Waals surface area contributed by atoms with Gasteiger partial charge in [-0.05, 0) is 96.2 Å². The first-order valence-corrected chi connectivity index (χ1v) is 17.6. The third-order valence-corrected chi connectivity index (χ3v) is 10.7. The van der Waals surface area contributed by atoms with Gasteiger partial charge in [-0.25, -0.2) is 0 Å². The minimum Gasteiger partial charge on any atom is -0.0767 e. The monoisotopic (exact) mass is 626 g/mol. The largest absolute Gasteiger partial charge is 0.0767 e. The van der Waals surface area contributed by atoms with Gasteiger partial charge in [0.15, 0.2) is 0 Å². The number of hydrogen-bond acceptors (Lipinski definition) is 0. The van der Waals surface area contributed by atoms with Crippen LogP contribution < -0.4 is 0 Å². The van der Waals surface area contributed by atoms with E-state index in [2.05, 4.69) is 194 Å². The van der Waals surface area contributed by atoms with Crippen molar-refractivity contribution in [3.8, 4) is 0 Å². The highest BCUT2D eigenvalue weighted by atomic mass is 14.5. The molecule has 0 bridgehead atoms. The second-order valence-electron chi connectivity index (χ2n) is 13.6. The molecule has 0 amide bonds.